The second kappa shape index (κ2) is 5.24. The Hall–Kier alpha value is -0.130. The van der Waals surface area contributed by atoms with Gasteiger partial charge in [-0.1, -0.05) is 20.8 Å². The molecule has 0 atom stereocenters. The lowest BCUT2D eigenvalue weighted by molar-refractivity contribution is 0.130. The molecule has 0 amide bonds. The Morgan fingerprint density at radius 2 is 1.71 bits per heavy atom. The Morgan fingerprint density at radius 3 is 2.06 bits per heavy atom. The molecule has 1 aliphatic heterocycles. The number of hydrogen-bond acceptors (Lipinski definition) is 3. The third kappa shape index (κ3) is 4.94. The molecule has 4 nitrogen and oxygen atoms in total. The van der Waals surface area contributed by atoms with Crippen molar-refractivity contribution in [1.82, 2.24) is 9.21 Å². The molecule has 0 bridgehead atoms. The molecule has 1 rings (SSSR count). The first-order valence-corrected chi connectivity index (χ1v) is 8.10. The minimum absolute atomic E-state index is 0.182. The fraction of sp³-hybridized carbons (Fsp3) is 1.00. The van der Waals surface area contributed by atoms with Crippen molar-refractivity contribution in [3.8, 4) is 0 Å². The molecule has 0 N–H and O–H groups in total. The van der Waals surface area contributed by atoms with Crippen LogP contribution in [0.5, 0.6) is 0 Å². The monoisotopic (exact) mass is 262 g/mol. The van der Waals surface area contributed by atoms with Crippen LogP contribution in [0.15, 0.2) is 0 Å². The Kier molecular flexibility index (Phi) is 4.60. The van der Waals surface area contributed by atoms with Gasteiger partial charge in [0.1, 0.15) is 0 Å². The zero-order valence-electron chi connectivity index (χ0n) is 11.7. The van der Waals surface area contributed by atoms with Gasteiger partial charge in [-0.2, -0.15) is 0 Å². The van der Waals surface area contributed by atoms with Gasteiger partial charge in [-0.3, -0.25) is 0 Å². The minimum atomic E-state index is -3.04. The normalized spacial score (nSPS) is 21.1. The summed E-state index contributed by atoms with van der Waals surface area (Å²) in [5.41, 5.74) is 0.315. The fourth-order valence-corrected chi connectivity index (χ4v) is 3.14. The summed E-state index contributed by atoms with van der Waals surface area (Å²) in [7, 11) is -1.35. The first kappa shape index (κ1) is 14.9. The molecule has 1 fully saturated rings. The molecule has 0 aromatic heterocycles. The maximum Gasteiger partial charge on any atom is 0.211 e. The SMILES string of the molecule is CN(C1CCN(CC(C)(C)C)CC1)S(C)(=O)=O. The predicted octanol–water partition coefficient (Wildman–Crippen LogP) is 1.39. The number of likely N-dealkylation sites (tertiary alicyclic amines) is 1. The Labute approximate surface area is 106 Å². The summed E-state index contributed by atoms with van der Waals surface area (Å²) in [4.78, 5) is 2.44. The van der Waals surface area contributed by atoms with Gasteiger partial charge in [-0.25, -0.2) is 12.7 Å². The number of rotatable bonds is 3. The molecule has 17 heavy (non-hydrogen) atoms. The van der Waals surface area contributed by atoms with Crippen LogP contribution in [0, 0.1) is 5.41 Å². The molecule has 1 saturated heterocycles. The molecule has 1 aliphatic rings. The van der Waals surface area contributed by atoms with E-state index in [1.165, 1.54) is 10.6 Å². The zero-order chi connectivity index (χ0) is 13.3. The van der Waals surface area contributed by atoms with Gasteiger partial charge in [0.05, 0.1) is 6.26 Å². The molecule has 1 heterocycles. The summed E-state index contributed by atoms with van der Waals surface area (Å²) < 4.78 is 24.4. The van der Waals surface area contributed by atoms with E-state index in [-0.39, 0.29) is 6.04 Å². The van der Waals surface area contributed by atoms with E-state index in [2.05, 4.69) is 25.7 Å². The Balaban J connectivity index is 2.46. The van der Waals surface area contributed by atoms with Gasteiger partial charge in [0, 0.05) is 19.6 Å². The zero-order valence-corrected chi connectivity index (χ0v) is 12.5. The highest BCUT2D eigenvalue weighted by molar-refractivity contribution is 7.88. The van der Waals surface area contributed by atoms with Crippen molar-refractivity contribution in [1.29, 1.82) is 0 Å². The third-order valence-electron chi connectivity index (χ3n) is 3.29. The summed E-state index contributed by atoms with van der Waals surface area (Å²) in [6.07, 6.45) is 3.17. The average molecular weight is 262 g/mol. The van der Waals surface area contributed by atoms with Gasteiger partial charge in [-0.05, 0) is 31.3 Å². The molecule has 0 spiro atoms. The largest absolute Gasteiger partial charge is 0.303 e. The van der Waals surface area contributed by atoms with E-state index in [0.717, 1.165) is 32.5 Å². The third-order valence-corrected chi connectivity index (χ3v) is 4.64. The van der Waals surface area contributed by atoms with Gasteiger partial charge in [-0.15, -0.1) is 0 Å². The molecule has 0 aromatic carbocycles. The molecule has 0 saturated carbocycles. The minimum Gasteiger partial charge on any atom is -0.303 e. The molecule has 0 radical (unpaired) electrons. The molecular formula is C12H26N2O2S. The maximum atomic E-state index is 11.5. The highest BCUT2D eigenvalue weighted by atomic mass is 32.2. The second-order valence-electron chi connectivity index (χ2n) is 6.35. The molecular weight excluding hydrogens is 236 g/mol. The van der Waals surface area contributed by atoms with E-state index < -0.39 is 10.0 Å². The maximum absolute atomic E-state index is 11.5. The topological polar surface area (TPSA) is 40.6 Å². The standard InChI is InChI=1S/C12H26N2O2S/c1-12(2,3)10-14-8-6-11(7-9-14)13(4)17(5,15)16/h11H,6-10H2,1-5H3. The molecule has 5 heteroatoms. The van der Waals surface area contributed by atoms with E-state index >= 15 is 0 Å². The summed E-state index contributed by atoms with van der Waals surface area (Å²) >= 11 is 0. The summed E-state index contributed by atoms with van der Waals surface area (Å²) in [6, 6.07) is 0.182. The number of nitrogens with zero attached hydrogens (tertiary/aromatic N) is 2. The van der Waals surface area contributed by atoms with Gasteiger partial charge in [0.25, 0.3) is 0 Å². The molecule has 0 aromatic rings. The van der Waals surface area contributed by atoms with E-state index in [1.807, 2.05) is 0 Å². The van der Waals surface area contributed by atoms with Crippen molar-refractivity contribution in [2.75, 3.05) is 32.9 Å². The molecule has 0 unspecified atom stereocenters. The van der Waals surface area contributed by atoms with Crippen molar-refractivity contribution < 1.29 is 8.42 Å². The number of sulfonamides is 1. The van der Waals surface area contributed by atoms with Gasteiger partial charge in [0.15, 0.2) is 0 Å². The second-order valence-corrected chi connectivity index (χ2v) is 8.39. The van der Waals surface area contributed by atoms with Gasteiger partial charge in [0.2, 0.25) is 10.0 Å². The Morgan fingerprint density at radius 1 is 1.24 bits per heavy atom. The summed E-state index contributed by atoms with van der Waals surface area (Å²) in [5, 5.41) is 0. The lowest BCUT2D eigenvalue weighted by atomic mass is 9.94. The van der Waals surface area contributed by atoms with Crippen LogP contribution < -0.4 is 0 Å². The lowest BCUT2D eigenvalue weighted by Gasteiger charge is -2.38. The first-order valence-electron chi connectivity index (χ1n) is 6.25. The Bertz CT molecular complexity index is 338. The van der Waals surface area contributed by atoms with E-state index in [0.29, 0.717) is 5.41 Å². The van der Waals surface area contributed by atoms with Crippen molar-refractivity contribution in [2.45, 2.75) is 39.7 Å². The van der Waals surface area contributed by atoms with Crippen LogP contribution in [0.3, 0.4) is 0 Å². The van der Waals surface area contributed by atoms with E-state index in [4.69, 9.17) is 0 Å². The summed E-state index contributed by atoms with van der Waals surface area (Å²) in [5.74, 6) is 0. The first-order chi connectivity index (χ1) is 7.59. The van der Waals surface area contributed by atoms with Crippen LogP contribution >= 0.6 is 0 Å². The van der Waals surface area contributed by atoms with Crippen molar-refractivity contribution in [2.24, 2.45) is 5.41 Å². The predicted molar refractivity (Wildman–Crippen MR) is 71.5 cm³/mol. The van der Waals surface area contributed by atoms with Crippen LogP contribution in [0.4, 0.5) is 0 Å². The van der Waals surface area contributed by atoms with Crippen LogP contribution in [0.25, 0.3) is 0 Å². The van der Waals surface area contributed by atoms with Crippen LogP contribution in [-0.4, -0.2) is 56.6 Å². The van der Waals surface area contributed by atoms with Crippen LogP contribution in [0.1, 0.15) is 33.6 Å². The average Bonchev–Trinajstić information content (AvgIpc) is 2.14. The fourth-order valence-electron chi connectivity index (χ4n) is 2.38. The van der Waals surface area contributed by atoms with Crippen molar-refractivity contribution >= 4 is 10.0 Å². The van der Waals surface area contributed by atoms with Crippen LogP contribution in [0.2, 0.25) is 0 Å². The number of hydrogen-bond donors (Lipinski definition) is 0. The van der Waals surface area contributed by atoms with Gasteiger partial charge < -0.3 is 4.90 Å². The quantitative estimate of drug-likeness (QED) is 0.772. The van der Waals surface area contributed by atoms with E-state index in [1.54, 1.807) is 7.05 Å². The van der Waals surface area contributed by atoms with Crippen molar-refractivity contribution in [3.63, 3.8) is 0 Å². The summed E-state index contributed by atoms with van der Waals surface area (Å²) in [6.45, 7) is 9.80. The van der Waals surface area contributed by atoms with E-state index in [9.17, 15) is 8.42 Å². The van der Waals surface area contributed by atoms with Crippen LogP contribution in [-0.2, 0) is 10.0 Å². The highest BCUT2D eigenvalue weighted by Gasteiger charge is 2.28. The highest BCUT2D eigenvalue weighted by Crippen LogP contribution is 2.21. The van der Waals surface area contributed by atoms with Gasteiger partial charge >= 0.3 is 0 Å². The smallest absolute Gasteiger partial charge is 0.211 e. The molecule has 0 aliphatic carbocycles. The molecule has 102 valence electrons. The lowest BCUT2D eigenvalue weighted by Crippen LogP contribution is -2.46. The number of piperidine rings is 1. The van der Waals surface area contributed by atoms with Crippen molar-refractivity contribution in [3.05, 3.63) is 0 Å².